The van der Waals surface area contributed by atoms with Gasteiger partial charge in [0.2, 0.25) is 14.9 Å². The number of aryl methyl sites for hydroxylation is 1. The van der Waals surface area contributed by atoms with Gasteiger partial charge in [-0.2, -0.15) is 0 Å². The fourth-order valence-corrected chi connectivity index (χ4v) is 3.52. The van der Waals surface area contributed by atoms with Gasteiger partial charge >= 0.3 is 0 Å². The third kappa shape index (κ3) is 3.34. The minimum absolute atomic E-state index is 0.0305. The molecule has 0 radical (unpaired) electrons. The molecular weight excluding hydrogens is 338 g/mol. The maximum Gasteiger partial charge on any atom is 0.293 e. The van der Waals surface area contributed by atoms with Crippen molar-refractivity contribution in [3.05, 3.63) is 78.1 Å². The Kier molecular flexibility index (Phi) is 4.46. The van der Waals surface area contributed by atoms with Gasteiger partial charge in [0, 0.05) is 12.7 Å². The number of carbonyl (C=O) groups is 1. The summed E-state index contributed by atoms with van der Waals surface area (Å²) in [6, 6.07) is 18.2. The molecule has 25 heavy (non-hydrogen) atoms. The summed E-state index contributed by atoms with van der Waals surface area (Å²) in [7, 11) is -2.19. The molecule has 3 aromatic rings. The average Bonchev–Trinajstić information content (AvgIpc) is 3.12. The summed E-state index contributed by atoms with van der Waals surface area (Å²) >= 11 is 0. The maximum atomic E-state index is 12.6. The Labute approximate surface area is 146 Å². The molecule has 0 aliphatic rings. The second-order valence-electron chi connectivity index (χ2n) is 5.63. The molecule has 0 aliphatic carbocycles. The van der Waals surface area contributed by atoms with Crippen LogP contribution >= 0.6 is 0 Å². The zero-order valence-electron chi connectivity index (χ0n) is 13.8. The number of carbonyl (C=O) groups excluding carboxylic acids is 1. The van der Waals surface area contributed by atoms with E-state index in [9.17, 15) is 13.2 Å². The summed E-state index contributed by atoms with van der Waals surface area (Å²) in [6.07, 6.45) is 0. The highest BCUT2D eigenvalue weighted by atomic mass is 32.2. The number of amides is 1. The number of sulfone groups is 1. The van der Waals surface area contributed by atoms with E-state index < -0.39 is 15.7 Å². The molecule has 1 heterocycles. The number of benzene rings is 2. The summed E-state index contributed by atoms with van der Waals surface area (Å²) in [4.78, 5) is 14.0. The van der Waals surface area contributed by atoms with Crippen molar-refractivity contribution in [2.45, 2.75) is 16.9 Å². The number of para-hydroxylation sites is 1. The van der Waals surface area contributed by atoms with E-state index in [1.165, 1.54) is 29.2 Å². The fourth-order valence-electron chi connectivity index (χ4n) is 2.35. The van der Waals surface area contributed by atoms with E-state index in [0.717, 1.165) is 5.56 Å². The molecule has 0 atom stereocenters. The van der Waals surface area contributed by atoms with Crippen LogP contribution in [0.2, 0.25) is 0 Å². The van der Waals surface area contributed by atoms with Crippen LogP contribution in [-0.4, -0.2) is 21.4 Å². The molecule has 0 spiro atoms. The lowest BCUT2D eigenvalue weighted by Crippen LogP contribution is -2.25. The van der Waals surface area contributed by atoms with Crippen LogP contribution in [0.4, 0.5) is 5.69 Å². The lowest BCUT2D eigenvalue weighted by molar-refractivity contribution is 0.0961. The van der Waals surface area contributed by atoms with Crippen molar-refractivity contribution in [3.8, 4) is 0 Å². The van der Waals surface area contributed by atoms with Crippen molar-refractivity contribution in [1.82, 2.24) is 0 Å². The van der Waals surface area contributed by atoms with Gasteiger partial charge in [0.25, 0.3) is 5.91 Å². The number of hydrogen-bond donors (Lipinski definition) is 0. The lowest BCUT2D eigenvalue weighted by Gasteiger charge is -2.15. The molecule has 1 aromatic heterocycles. The first-order valence-corrected chi connectivity index (χ1v) is 9.12. The van der Waals surface area contributed by atoms with Crippen molar-refractivity contribution < 1.29 is 17.6 Å². The zero-order valence-corrected chi connectivity index (χ0v) is 14.7. The van der Waals surface area contributed by atoms with Crippen molar-refractivity contribution in [3.63, 3.8) is 0 Å². The average molecular weight is 355 g/mol. The van der Waals surface area contributed by atoms with Gasteiger partial charge < -0.3 is 9.32 Å². The predicted molar refractivity (Wildman–Crippen MR) is 94.5 cm³/mol. The van der Waals surface area contributed by atoms with E-state index >= 15 is 0 Å². The number of nitrogens with zero attached hydrogens (tertiary/aromatic N) is 1. The topological polar surface area (TPSA) is 67.6 Å². The normalized spacial score (nSPS) is 11.3. The van der Waals surface area contributed by atoms with E-state index in [0.29, 0.717) is 5.69 Å². The minimum atomic E-state index is -3.80. The van der Waals surface area contributed by atoms with E-state index in [2.05, 4.69) is 0 Å². The Morgan fingerprint density at radius 2 is 1.56 bits per heavy atom. The molecule has 0 aliphatic heterocycles. The van der Waals surface area contributed by atoms with Gasteiger partial charge in [-0.3, -0.25) is 4.79 Å². The molecule has 1 amide bonds. The summed E-state index contributed by atoms with van der Waals surface area (Å²) in [5.74, 6) is -0.450. The van der Waals surface area contributed by atoms with Crippen LogP contribution in [0.15, 0.2) is 81.1 Å². The molecule has 0 unspecified atom stereocenters. The standard InChI is InChI=1S/C19H17NO4S/c1-14-8-10-16(11-9-14)25(22,23)18-13-12-17(24-18)19(21)20(2)15-6-4-3-5-7-15/h3-13H,1-2H3. The summed E-state index contributed by atoms with van der Waals surface area (Å²) in [5.41, 5.74) is 1.64. The molecule has 0 saturated carbocycles. The molecule has 128 valence electrons. The highest BCUT2D eigenvalue weighted by molar-refractivity contribution is 7.91. The molecule has 0 saturated heterocycles. The Morgan fingerprint density at radius 1 is 0.920 bits per heavy atom. The second-order valence-corrected chi connectivity index (χ2v) is 7.52. The Hall–Kier alpha value is -2.86. The molecule has 3 rings (SSSR count). The molecule has 0 bridgehead atoms. The molecule has 6 heteroatoms. The Bertz CT molecular complexity index is 989. The van der Waals surface area contributed by atoms with Gasteiger partial charge in [-0.1, -0.05) is 35.9 Å². The Balaban J connectivity index is 1.89. The van der Waals surface area contributed by atoms with Gasteiger partial charge in [0.1, 0.15) is 0 Å². The first-order valence-electron chi connectivity index (χ1n) is 7.64. The summed E-state index contributed by atoms with van der Waals surface area (Å²) < 4.78 is 30.6. The molecule has 2 aromatic carbocycles. The van der Waals surface area contributed by atoms with Gasteiger partial charge in [-0.05, 0) is 43.3 Å². The van der Waals surface area contributed by atoms with Crippen molar-refractivity contribution in [1.29, 1.82) is 0 Å². The maximum absolute atomic E-state index is 12.6. The van der Waals surface area contributed by atoms with Crippen LogP contribution in [-0.2, 0) is 9.84 Å². The molecule has 0 N–H and O–H groups in total. The van der Waals surface area contributed by atoms with Crippen LogP contribution in [0.3, 0.4) is 0 Å². The van der Waals surface area contributed by atoms with E-state index in [1.54, 1.807) is 31.3 Å². The molecular formula is C19H17NO4S. The summed E-state index contributed by atoms with van der Waals surface area (Å²) in [5, 5.41) is -0.249. The zero-order chi connectivity index (χ0) is 18.0. The van der Waals surface area contributed by atoms with E-state index in [-0.39, 0.29) is 15.7 Å². The fraction of sp³-hybridized carbons (Fsp3) is 0.105. The van der Waals surface area contributed by atoms with E-state index in [1.807, 2.05) is 25.1 Å². The van der Waals surface area contributed by atoms with Crippen LogP contribution in [0.1, 0.15) is 16.1 Å². The van der Waals surface area contributed by atoms with Crippen molar-refractivity contribution in [2.75, 3.05) is 11.9 Å². The van der Waals surface area contributed by atoms with Crippen LogP contribution in [0, 0.1) is 6.92 Å². The van der Waals surface area contributed by atoms with Crippen LogP contribution in [0.5, 0.6) is 0 Å². The molecule has 0 fully saturated rings. The predicted octanol–water partition coefficient (Wildman–Crippen LogP) is 3.70. The largest absolute Gasteiger partial charge is 0.439 e. The first-order chi connectivity index (χ1) is 11.9. The van der Waals surface area contributed by atoms with Crippen molar-refractivity contribution >= 4 is 21.4 Å². The number of furan rings is 1. The van der Waals surface area contributed by atoms with Crippen molar-refractivity contribution in [2.24, 2.45) is 0 Å². The summed E-state index contributed by atoms with van der Waals surface area (Å²) in [6.45, 7) is 1.87. The van der Waals surface area contributed by atoms with Crippen LogP contribution < -0.4 is 4.90 Å². The van der Waals surface area contributed by atoms with Gasteiger partial charge in [-0.25, -0.2) is 8.42 Å². The smallest absolute Gasteiger partial charge is 0.293 e. The third-order valence-electron chi connectivity index (χ3n) is 3.84. The first kappa shape index (κ1) is 17.0. The lowest BCUT2D eigenvalue weighted by atomic mass is 10.2. The minimum Gasteiger partial charge on any atom is -0.439 e. The van der Waals surface area contributed by atoms with E-state index in [4.69, 9.17) is 4.42 Å². The van der Waals surface area contributed by atoms with Gasteiger partial charge in [0.15, 0.2) is 5.76 Å². The Morgan fingerprint density at radius 3 is 2.20 bits per heavy atom. The number of rotatable bonds is 4. The highest BCUT2D eigenvalue weighted by Gasteiger charge is 2.25. The molecule has 5 nitrogen and oxygen atoms in total. The van der Waals surface area contributed by atoms with Gasteiger partial charge in [-0.15, -0.1) is 0 Å². The number of anilines is 1. The van der Waals surface area contributed by atoms with Crippen LogP contribution in [0.25, 0.3) is 0 Å². The second kappa shape index (κ2) is 6.57. The number of hydrogen-bond acceptors (Lipinski definition) is 4. The third-order valence-corrected chi connectivity index (χ3v) is 5.48. The quantitative estimate of drug-likeness (QED) is 0.716. The highest BCUT2D eigenvalue weighted by Crippen LogP contribution is 2.24. The van der Waals surface area contributed by atoms with Gasteiger partial charge in [0.05, 0.1) is 4.90 Å². The SMILES string of the molecule is Cc1ccc(S(=O)(=O)c2ccc(C(=O)N(C)c3ccccc3)o2)cc1. The monoisotopic (exact) mass is 355 g/mol.